The first kappa shape index (κ1) is 13.1. The van der Waals surface area contributed by atoms with Crippen LogP contribution in [0.15, 0.2) is 41.3 Å². The molecule has 3 N–H and O–H groups in total. The van der Waals surface area contributed by atoms with E-state index >= 15 is 0 Å². The molecule has 2 rings (SSSR count). The normalized spacial score (nSPS) is 10.4. The van der Waals surface area contributed by atoms with E-state index in [1.807, 2.05) is 23.6 Å². The molecule has 1 aromatic heterocycles. The van der Waals surface area contributed by atoms with Crippen molar-refractivity contribution in [3.05, 3.63) is 63.6 Å². The number of benzene rings is 1. The molecule has 0 aliphatic heterocycles. The SMILES string of the molecule is CCc1ccc(-n2cc(C(=N)N)c(=O)cc2C)cc1. The molecule has 4 nitrogen and oxygen atoms in total. The van der Waals surface area contributed by atoms with Crippen LogP contribution in [0, 0.1) is 12.3 Å². The fraction of sp³-hybridized carbons (Fsp3) is 0.200. The van der Waals surface area contributed by atoms with Crippen molar-refractivity contribution in [1.82, 2.24) is 4.57 Å². The first-order valence-corrected chi connectivity index (χ1v) is 6.20. The Kier molecular flexibility index (Phi) is 3.51. The van der Waals surface area contributed by atoms with Gasteiger partial charge in [-0.3, -0.25) is 10.2 Å². The van der Waals surface area contributed by atoms with Gasteiger partial charge in [-0.2, -0.15) is 0 Å². The Hall–Kier alpha value is -2.36. The topological polar surface area (TPSA) is 71.9 Å². The maximum Gasteiger partial charge on any atom is 0.192 e. The molecule has 2 aromatic rings. The Balaban J connectivity index is 2.57. The summed E-state index contributed by atoms with van der Waals surface area (Å²) in [7, 11) is 0. The Morgan fingerprint density at radius 2 is 1.95 bits per heavy atom. The van der Waals surface area contributed by atoms with Gasteiger partial charge in [0.1, 0.15) is 5.84 Å². The first-order valence-electron chi connectivity index (χ1n) is 6.20. The highest BCUT2D eigenvalue weighted by Gasteiger charge is 2.07. The summed E-state index contributed by atoms with van der Waals surface area (Å²) >= 11 is 0. The summed E-state index contributed by atoms with van der Waals surface area (Å²) in [4.78, 5) is 11.7. The zero-order chi connectivity index (χ0) is 14.0. The third-order valence-electron chi connectivity index (χ3n) is 3.16. The minimum atomic E-state index is -0.216. The molecule has 0 atom stereocenters. The van der Waals surface area contributed by atoms with E-state index < -0.39 is 0 Å². The van der Waals surface area contributed by atoms with Crippen LogP contribution in [0.4, 0.5) is 0 Å². The minimum Gasteiger partial charge on any atom is -0.384 e. The highest BCUT2D eigenvalue weighted by atomic mass is 16.1. The number of pyridine rings is 1. The van der Waals surface area contributed by atoms with Crippen LogP contribution < -0.4 is 11.2 Å². The van der Waals surface area contributed by atoms with Crippen molar-refractivity contribution in [2.24, 2.45) is 5.73 Å². The van der Waals surface area contributed by atoms with Crippen LogP contribution in [-0.4, -0.2) is 10.4 Å². The molecule has 0 spiro atoms. The lowest BCUT2D eigenvalue weighted by Crippen LogP contribution is -2.23. The number of nitrogens with two attached hydrogens (primary N) is 1. The van der Waals surface area contributed by atoms with E-state index in [2.05, 4.69) is 19.1 Å². The summed E-state index contributed by atoms with van der Waals surface area (Å²) in [5.41, 5.74) is 8.47. The predicted octanol–water partition coefficient (Wildman–Crippen LogP) is 1.99. The minimum absolute atomic E-state index is 0.205. The average molecular weight is 255 g/mol. The molecular weight excluding hydrogens is 238 g/mol. The molecule has 1 heterocycles. The van der Waals surface area contributed by atoms with Gasteiger partial charge in [0.25, 0.3) is 0 Å². The van der Waals surface area contributed by atoms with E-state index in [0.29, 0.717) is 0 Å². The van der Waals surface area contributed by atoms with E-state index in [1.165, 1.54) is 11.6 Å². The lowest BCUT2D eigenvalue weighted by molar-refractivity contribution is 0.965. The number of hydrogen-bond acceptors (Lipinski definition) is 2. The van der Waals surface area contributed by atoms with Crippen LogP contribution in [0.1, 0.15) is 23.7 Å². The van der Waals surface area contributed by atoms with Crippen LogP contribution in [-0.2, 0) is 6.42 Å². The second kappa shape index (κ2) is 5.10. The van der Waals surface area contributed by atoms with Crippen molar-refractivity contribution < 1.29 is 0 Å². The monoisotopic (exact) mass is 255 g/mol. The number of nitrogens with zero attached hydrogens (tertiary/aromatic N) is 1. The van der Waals surface area contributed by atoms with Gasteiger partial charge in [-0.25, -0.2) is 0 Å². The number of amidine groups is 1. The fourth-order valence-electron chi connectivity index (χ4n) is 2.00. The highest BCUT2D eigenvalue weighted by molar-refractivity contribution is 5.94. The van der Waals surface area contributed by atoms with Crippen LogP contribution in [0.2, 0.25) is 0 Å². The molecule has 0 radical (unpaired) electrons. The van der Waals surface area contributed by atoms with E-state index in [4.69, 9.17) is 11.1 Å². The third kappa shape index (κ3) is 2.57. The average Bonchev–Trinajstić information content (AvgIpc) is 2.38. The maximum atomic E-state index is 11.7. The number of nitrogens with one attached hydrogen (secondary N) is 1. The summed E-state index contributed by atoms with van der Waals surface area (Å²) in [6.07, 6.45) is 2.61. The van der Waals surface area contributed by atoms with Crippen molar-refractivity contribution >= 4 is 5.84 Å². The number of hydrogen-bond donors (Lipinski definition) is 2. The first-order chi connectivity index (χ1) is 9.02. The molecule has 98 valence electrons. The second-order valence-electron chi connectivity index (χ2n) is 4.50. The Morgan fingerprint density at radius 3 is 2.47 bits per heavy atom. The van der Waals surface area contributed by atoms with Gasteiger partial charge in [0.15, 0.2) is 5.43 Å². The lowest BCUT2D eigenvalue weighted by Gasteiger charge is -2.12. The molecule has 0 fully saturated rings. The Labute approximate surface area is 112 Å². The van der Waals surface area contributed by atoms with Crippen molar-refractivity contribution in [3.8, 4) is 5.69 Å². The second-order valence-corrected chi connectivity index (χ2v) is 4.50. The van der Waals surface area contributed by atoms with Gasteiger partial charge >= 0.3 is 0 Å². The molecule has 19 heavy (non-hydrogen) atoms. The van der Waals surface area contributed by atoms with E-state index in [0.717, 1.165) is 17.8 Å². The molecule has 0 saturated carbocycles. The lowest BCUT2D eigenvalue weighted by atomic mass is 10.1. The van der Waals surface area contributed by atoms with Gasteiger partial charge < -0.3 is 10.3 Å². The zero-order valence-corrected chi connectivity index (χ0v) is 11.1. The quantitative estimate of drug-likeness (QED) is 0.650. The summed E-state index contributed by atoms with van der Waals surface area (Å²) < 4.78 is 1.87. The number of rotatable bonds is 3. The maximum absolute atomic E-state index is 11.7. The van der Waals surface area contributed by atoms with E-state index in [9.17, 15) is 4.79 Å². The van der Waals surface area contributed by atoms with Gasteiger partial charge in [-0.15, -0.1) is 0 Å². The summed E-state index contributed by atoms with van der Waals surface area (Å²) in [6, 6.07) is 9.62. The van der Waals surface area contributed by atoms with Crippen molar-refractivity contribution in [3.63, 3.8) is 0 Å². The van der Waals surface area contributed by atoms with E-state index in [-0.39, 0.29) is 16.8 Å². The molecule has 0 bridgehead atoms. The molecule has 4 heteroatoms. The molecular formula is C15H17N3O. The summed E-state index contributed by atoms with van der Waals surface area (Å²) in [5, 5.41) is 7.43. The van der Waals surface area contributed by atoms with Crippen LogP contribution >= 0.6 is 0 Å². The van der Waals surface area contributed by atoms with Gasteiger partial charge in [0.05, 0.1) is 5.56 Å². The van der Waals surface area contributed by atoms with E-state index in [1.54, 1.807) is 6.20 Å². The number of nitrogen functional groups attached to an aromatic ring is 1. The van der Waals surface area contributed by atoms with Gasteiger partial charge in [0.2, 0.25) is 0 Å². The smallest absolute Gasteiger partial charge is 0.192 e. The van der Waals surface area contributed by atoms with Crippen LogP contribution in [0.3, 0.4) is 0 Å². The van der Waals surface area contributed by atoms with Gasteiger partial charge in [0, 0.05) is 23.6 Å². The van der Waals surface area contributed by atoms with Gasteiger partial charge in [-0.1, -0.05) is 19.1 Å². The Morgan fingerprint density at radius 1 is 1.32 bits per heavy atom. The third-order valence-corrected chi connectivity index (χ3v) is 3.16. The summed E-state index contributed by atoms with van der Waals surface area (Å²) in [5.74, 6) is -0.205. The standard InChI is InChI=1S/C15H17N3O/c1-3-11-4-6-12(7-5-11)18-9-13(15(16)17)14(19)8-10(18)2/h4-9H,3H2,1-2H3,(H3,16,17). The molecule has 0 unspecified atom stereocenters. The van der Waals surface area contributed by atoms with Crippen LogP contribution in [0.25, 0.3) is 5.69 Å². The van der Waals surface area contributed by atoms with Crippen LogP contribution in [0.5, 0.6) is 0 Å². The van der Waals surface area contributed by atoms with Crippen molar-refractivity contribution in [1.29, 1.82) is 5.41 Å². The zero-order valence-electron chi connectivity index (χ0n) is 11.1. The molecule has 1 aromatic carbocycles. The van der Waals surface area contributed by atoms with Crippen molar-refractivity contribution in [2.75, 3.05) is 0 Å². The largest absolute Gasteiger partial charge is 0.384 e. The van der Waals surface area contributed by atoms with Crippen molar-refractivity contribution in [2.45, 2.75) is 20.3 Å². The number of aromatic nitrogens is 1. The fourth-order valence-corrected chi connectivity index (χ4v) is 2.00. The molecule has 0 aliphatic carbocycles. The summed E-state index contributed by atoms with van der Waals surface area (Å²) in [6.45, 7) is 3.96. The molecule has 0 amide bonds. The highest BCUT2D eigenvalue weighted by Crippen LogP contribution is 2.12. The Bertz CT molecular complexity index is 669. The number of aryl methyl sites for hydroxylation is 2. The predicted molar refractivity (Wildman–Crippen MR) is 77.2 cm³/mol. The molecule has 0 aliphatic rings. The van der Waals surface area contributed by atoms with Gasteiger partial charge in [-0.05, 0) is 31.0 Å². The molecule has 0 saturated heterocycles.